The summed E-state index contributed by atoms with van der Waals surface area (Å²) in [6.45, 7) is 0. The lowest BCUT2D eigenvalue weighted by Crippen LogP contribution is -2.06. The van der Waals surface area contributed by atoms with Crippen molar-refractivity contribution in [2.45, 2.75) is 0 Å². The Balaban J connectivity index is 2.71. The molecule has 0 atom stereocenters. The maximum atomic E-state index is 5.45. The van der Waals surface area contributed by atoms with Gasteiger partial charge in [-0.25, -0.2) is 0 Å². The monoisotopic (exact) mass is 184 g/mol. The topological polar surface area (TPSA) is 52.0 Å². The van der Waals surface area contributed by atoms with E-state index in [1.807, 2.05) is 24.3 Å². The van der Waals surface area contributed by atoms with Crippen molar-refractivity contribution < 1.29 is 0 Å². The minimum absolute atomic E-state index is 0.335. The predicted octanol–water partition coefficient (Wildman–Crippen LogP) is 2.06. The van der Waals surface area contributed by atoms with Crippen LogP contribution in [0.3, 0.4) is 0 Å². The van der Waals surface area contributed by atoms with Crippen molar-refractivity contribution >= 4 is 16.8 Å². The molecule has 0 aromatic heterocycles. The summed E-state index contributed by atoms with van der Waals surface area (Å²) in [6, 6.07) is 14.2. The van der Waals surface area contributed by atoms with E-state index in [0.29, 0.717) is 5.82 Å². The van der Waals surface area contributed by atoms with Gasteiger partial charge in [0.25, 0.3) is 0 Å². The van der Waals surface area contributed by atoms with E-state index in [-0.39, 0.29) is 0 Å². The number of benzene rings is 2. The van der Waals surface area contributed by atoms with E-state index in [9.17, 15) is 0 Å². The summed E-state index contributed by atoms with van der Waals surface area (Å²) in [5.41, 5.74) is 12.0. The van der Waals surface area contributed by atoms with Gasteiger partial charge in [0, 0.05) is 0 Å². The van der Waals surface area contributed by atoms with Crippen molar-refractivity contribution in [1.82, 2.24) is 0 Å². The van der Waals surface area contributed by atoms with Gasteiger partial charge in [-0.15, -0.1) is 0 Å². The first-order chi connectivity index (χ1) is 6.77. The first-order valence-corrected chi connectivity index (χ1v) is 4.48. The lowest BCUT2D eigenvalue weighted by atomic mass is 10.0. The van der Waals surface area contributed by atoms with Crippen LogP contribution in [0.2, 0.25) is 0 Å². The molecule has 2 rings (SSSR count). The fourth-order valence-corrected chi connectivity index (χ4v) is 1.56. The number of hydrogen-bond acceptors (Lipinski definition) is 2. The summed E-state index contributed by atoms with van der Waals surface area (Å²) >= 11 is 0. The van der Waals surface area contributed by atoms with Crippen molar-refractivity contribution in [2.75, 3.05) is 0 Å². The van der Waals surface area contributed by atoms with Crippen LogP contribution >= 0.6 is 0 Å². The first kappa shape index (κ1) is 8.63. The third kappa shape index (κ3) is 1.55. The van der Waals surface area contributed by atoms with Gasteiger partial charge in [-0.05, 0) is 22.4 Å². The molecule has 0 aliphatic carbocycles. The summed E-state index contributed by atoms with van der Waals surface area (Å²) in [7, 11) is 0. The van der Waals surface area contributed by atoms with Crippen LogP contribution in [0.5, 0.6) is 0 Å². The minimum Gasteiger partial charge on any atom is -0.386 e. The molecule has 0 bridgehead atoms. The Kier molecular flexibility index (Phi) is 2.11. The van der Waals surface area contributed by atoms with Gasteiger partial charge in [0.2, 0.25) is 0 Å². The van der Waals surface area contributed by atoms with E-state index in [0.717, 1.165) is 5.56 Å². The number of fused-ring (bicyclic) bond motifs is 1. The molecule has 2 nitrogen and oxygen atoms in total. The molecule has 2 aromatic rings. The largest absolute Gasteiger partial charge is 0.386 e. The Labute approximate surface area is 82.8 Å². The summed E-state index contributed by atoms with van der Waals surface area (Å²) in [6.07, 6.45) is 1.78. The Morgan fingerprint density at radius 1 is 0.929 bits per heavy atom. The van der Waals surface area contributed by atoms with E-state index < -0.39 is 0 Å². The van der Waals surface area contributed by atoms with Gasteiger partial charge < -0.3 is 11.5 Å². The molecule has 0 saturated carbocycles. The zero-order valence-corrected chi connectivity index (χ0v) is 7.77. The molecule has 70 valence electrons. The molecule has 0 radical (unpaired) electrons. The molecule has 2 aromatic carbocycles. The van der Waals surface area contributed by atoms with Crippen LogP contribution in [0.25, 0.3) is 16.8 Å². The van der Waals surface area contributed by atoms with Crippen LogP contribution in [0.4, 0.5) is 0 Å². The second kappa shape index (κ2) is 3.42. The molecule has 0 spiro atoms. The number of nitrogens with two attached hydrogens (primary N) is 2. The highest BCUT2D eigenvalue weighted by molar-refractivity contribution is 5.90. The van der Waals surface area contributed by atoms with Crippen LogP contribution in [0.1, 0.15) is 5.56 Å². The average molecular weight is 184 g/mol. The van der Waals surface area contributed by atoms with Crippen LogP contribution in [-0.2, 0) is 0 Å². The second-order valence-electron chi connectivity index (χ2n) is 3.21. The lowest BCUT2D eigenvalue weighted by Gasteiger charge is -2.01. The lowest BCUT2D eigenvalue weighted by molar-refractivity contribution is 1.28. The fourth-order valence-electron chi connectivity index (χ4n) is 1.56. The molecule has 0 aliphatic rings. The zero-order valence-electron chi connectivity index (χ0n) is 7.77. The van der Waals surface area contributed by atoms with Gasteiger partial charge in [-0.2, -0.15) is 0 Å². The third-order valence-corrected chi connectivity index (χ3v) is 2.15. The summed E-state index contributed by atoms with van der Waals surface area (Å²) in [5, 5.41) is 2.37. The van der Waals surface area contributed by atoms with Crippen molar-refractivity contribution in [3.63, 3.8) is 0 Å². The zero-order chi connectivity index (χ0) is 9.97. The highest BCUT2D eigenvalue weighted by Gasteiger charge is 1.96. The molecule has 14 heavy (non-hydrogen) atoms. The third-order valence-electron chi connectivity index (χ3n) is 2.15. The van der Waals surface area contributed by atoms with Crippen LogP contribution < -0.4 is 11.5 Å². The normalized spacial score (nSPS) is 10.0. The van der Waals surface area contributed by atoms with Gasteiger partial charge in [-0.1, -0.05) is 42.5 Å². The Hall–Kier alpha value is -1.96. The smallest absolute Gasteiger partial charge is 0.0939 e. The molecule has 0 amide bonds. The van der Waals surface area contributed by atoms with Crippen molar-refractivity contribution in [3.05, 3.63) is 53.8 Å². The van der Waals surface area contributed by atoms with E-state index in [1.165, 1.54) is 10.8 Å². The number of rotatable bonds is 1. The SMILES string of the molecule is NC(N)=Cc1cccc2ccccc12. The maximum absolute atomic E-state index is 5.45. The summed E-state index contributed by atoms with van der Waals surface area (Å²) in [5.74, 6) is 0.335. The van der Waals surface area contributed by atoms with Gasteiger partial charge in [0.1, 0.15) is 0 Å². The Morgan fingerprint density at radius 2 is 1.64 bits per heavy atom. The van der Waals surface area contributed by atoms with Gasteiger partial charge >= 0.3 is 0 Å². The molecule has 2 heteroatoms. The van der Waals surface area contributed by atoms with Gasteiger partial charge in [0.05, 0.1) is 5.82 Å². The fraction of sp³-hybridized carbons (Fsp3) is 0. The van der Waals surface area contributed by atoms with E-state index in [1.54, 1.807) is 6.08 Å². The minimum atomic E-state index is 0.335. The van der Waals surface area contributed by atoms with Gasteiger partial charge in [0.15, 0.2) is 0 Å². The molecule has 0 heterocycles. The molecule has 4 N–H and O–H groups in total. The first-order valence-electron chi connectivity index (χ1n) is 4.48. The Morgan fingerprint density at radius 3 is 2.43 bits per heavy atom. The van der Waals surface area contributed by atoms with Crippen LogP contribution in [0.15, 0.2) is 48.3 Å². The van der Waals surface area contributed by atoms with Gasteiger partial charge in [-0.3, -0.25) is 0 Å². The van der Waals surface area contributed by atoms with E-state index >= 15 is 0 Å². The second-order valence-corrected chi connectivity index (χ2v) is 3.21. The number of hydrogen-bond donors (Lipinski definition) is 2. The highest BCUT2D eigenvalue weighted by atomic mass is 14.8. The van der Waals surface area contributed by atoms with Crippen molar-refractivity contribution in [1.29, 1.82) is 0 Å². The highest BCUT2D eigenvalue weighted by Crippen LogP contribution is 2.19. The average Bonchev–Trinajstić information content (AvgIpc) is 2.18. The quantitative estimate of drug-likeness (QED) is 0.712. The molecule has 0 saturated heterocycles. The van der Waals surface area contributed by atoms with Crippen molar-refractivity contribution in [3.8, 4) is 0 Å². The molecule has 0 aliphatic heterocycles. The van der Waals surface area contributed by atoms with Crippen LogP contribution in [-0.4, -0.2) is 0 Å². The van der Waals surface area contributed by atoms with Crippen molar-refractivity contribution in [2.24, 2.45) is 11.5 Å². The van der Waals surface area contributed by atoms with E-state index in [4.69, 9.17) is 11.5 Å². The molecular formula is C12H12N2. The molecule has 0 fully saturated rings. The molecular weight excluding hydrogens is 172 g/mol. The standard InChI is InChI=1S/C12H12N2/c13-12(14)8-10-6-3-5-9-4-1-2-7-11(9)10/h1-8H,13-14H2. The maximum Gasteiger partial charge on any atom is 0.0939 e. The van der Waals surface area contributed by atoms with E-state index in [2.05, 4.69) is 18.2 Å². The summed E-state index contributed by atoms with van der Waals surface area (Å²) < 4.78 is 0. The summed E-state index contributed by atoms with van der Waals surface area (Å²) in [4.78, 5) is 0. The van der Waals surface area contributed by atoms with Crippen LogP contribution in [0, 0.1) is 0 Å². The Bertz CT molecular complexity index is 477. The predicted molar refractivity (Wildman–Crippen MR) is 60.3 cm³/mol. The molecule has 0 unspecified atom stereocenters.